The molecule has 8 nitrogen and oxygen atoms in total. The molecule has 0 saturated heterocycles. The highest BCUT2D eigenvalue weighted by molar-refractivity contribution is 7.92. The summed E-state index contributed by atoms with van der Waals surface area (Å²) in [5.74, 6) is 0.655. The van der Waals surface area contributed by atoms with Gasteiger partial charge in [-0.15, -0.1) is 0 Å². The van der Waals surface area contributed by atoms with Gasteiger partial charge in [0.2, 0.25) is 11.6 Å². The number of sulfonamides is 1. The molecule has 0 spiro atoms. The van der Waals surface area contributed by atoms with E-state index >= 15 is 0 Å². The third kappa shape index (κ3) is 3.27. The molecule has 27 heavy (non-hydrogen) atoms. The van der Waals surface area contributed by atoms with E-state index in [-0.39, 0.29) is 33.9 Å². The minimum absolute atomic E-state index is 0.00645. The lowest BCUT2D eigenvalue weighted by Gasteiger charge is -2.18. The van der Waals surface area contributed by atoms with E-state index in [0.29, 0.717) is 5.69 Å². The van der Waals surface area contributed by atoms with Crippen molar-refractivity contribution in [1.29, 1.82) is 5.26 Å². The van der Waals surface area contributed by atoms with Gasteiger partial charge < -0.3 is 13.7 Å². The molecule has 2 heterocycles. The molecule has 1 aromatic carbocycles. The Morgan fingerprint density at radius 3 is 2.33 bits per heavy atom. The van der Waals surface area contributed by atoms with Gasteiger partial charge in [-0.05, 0) is 19.1 Å². The monoisotopic (exact) mass is 386 g/mol. The van der Waals surface area contributed by atoms with Crippen molar-refractivity contribution in [2.75, 3.05) is 30.3 Å². The van der Waals surface area contributed by atoms with Crippen molar-refractivity contribution in [1.82, 2.24) is 4.98 Å². The molecule has 0 bridgehead atoms. The maximum absolute atomic E-state index is 13.0. The molecule has 0 fully saturated rings. The smallest absolute Gasteiger partial charge is 0.267 e. The summed E-state index contributed by atoms with van der Waals surface area (Å²) in [4.78, 5) is 5.70. The SMILES string of the molecule is Cc1oc(-c2nc(C#N)c(N(C)C)o2)cc1S(=O)(=O)N(C)c1ccccc1. The fraction of sp³-hybridized carbons (Fsp3) is 0.222. The molecule has 0 N–H and O–H groups in total. The maximum atomic E-state index is 13.0. The van der Waals surface area contributed by atoms with Crippen molar-refractivity contribution in [2.24, 2.45) is 0 Å². The van der Waals surface area contributed by atoms with Crippen molar-refractivity contribution in [2.45, 2.75) is 11.8 Å². The summed E-state index contributed by atoms with van der Waals surface area (Å²) in [6, 6.07) is 12.0. The number of aryl methyl sites for hydroxylation is 1. The van der Waals surface area contributed by atoms with Crippen molar-refractivity contribution < 1.29 is 17.3 Å². The second-order valence-corrected chi connectivity index (χ2v) is 7.96. The summed E-state index contributed by atoms with van der Waals surface area (Å²) in [7, 11) is 1.05. The zero-order valence-corrected chi connectivity index (χ0v) is 16.1. The van der Waals surface area contributed by atoms with E-state index < -0.39 is 10.0 Å². The second kappa shape index (κ2) is 6.81. The molecule has 0 amide bonds. The van der Waals surface area contributed by atoms with Crippen LogP contribution < -0.4 is 9.21 Å². The summed E-state index contributed by atoms with van der Waals surface area (Å²) >= 11 is 0. The van der Waals surface area contributed by atoms with Gasteiger partial charge in [-0.25, -0.2) is 8.42 Å². The Labute approximate surface area is 157 Å². The van der Waals surface area contributed by atoms with Gasteiger partial charge in [-0.2, -0.15) is 10.2 Å². The molecule has 3 aromatic rings. The van der Waals surface area contributed by atoms with Gasteiger partial charge in [0, 0.05) is 27.2 Å². The summed E-state index contributed by atoms with van der Waals surface area (Å²) in [6.45, 7) is 1.55. The number of hydrogen-bond acceptors (Lipinski definition) is 7. The molecule has 0 radical (unpaired) electrons. The molecule has 2 aromatic heterocycles. The molecular weight excluding hydrogens is 368 g/mol. The van der Waals surface area contributed by atoms with Gasteiger partial charge >= 0.3 is 0 Å². The highest BCUT2D eigenvalue weighted by Gasteiger charge is 2.28. The van der Waals surface area contributed by atoms with Crippen molar-refractivity contribution in [3.63, 3.8) is 0 Å². The second-order valence-electron chi connectivity index (χ2n) is 6.02. The number of hydrogen-bond donors (Lipinski definition) is 0. The lowest BCUT2D eigenvalue weighted by molar-refractivity contribution is 0.496. The molecule has 9 heteroatoms. The third-order valence-electron chi connectivity index (χ3n) is 3.96. The first-order valence-corrected chi connectivity index (χ1v) is 9.42. The number of benzene rings is 1. The Morgan fingerprint density at radius 2 is 1.78 bits per heavy atom. The van der Waals surface area contributed by atoms with Crippen LogP contribution >= 0.6 is 0 Å². The highest BCUT2D eigenvalue weighted by Crippen LogP contribution is 2.33. The van der Waals surface area contributed by atoms with Crippen LogP contribution in [0.2, 0.25) is 0 Å². The Bertz CT molecular complexity index is 1110. The summed E-state index contributed by atoms with van der Waals surface area (Å²) in [5.41, 5.74) is 0.618. The molecule has 0 aliphatic carbocycles. The first-order valence-electron chi connectivity index (χ1n) is 7.98. The Kier molecular flexibility index (Phi) is 4.68. The summed E-state index contributed by atoms with van der Waals surface area (Å²) < 4.78 is 38.3. The van der Waals surface area contributed by atoms with Crippen molar-refractivity contribution in [3.05, 3.63) is 47.9 Å². The number of para-hydroxylation sites is 1. The van der Waals surface area contributed by atoms with Gasteiger partial charge in [0.25, 0.3) is 15.9 Å². The Morgan fingerprint density at radius 1 is 1.11 bits per heavy atom. The quantitative estimate of drug-likeness (QED) is 0.664. The molecule has 3 rings (SSSR count). The maximum Gasteiger partial charge on any atom is 0.267 e. The van der Waals surface area contributed by atoms with Crippen LogP contribution in [-0.2, 0) is 10.0 Å². The van der Waals surface area contributed by atoms with E-state index in [2.05, 4.69) is 4.98 Å². The van der Waals surface area contributed by atoms with Gasteiger partial charge in [0.05, 0.1) is 5.69 Å². The average Bonchev–Trinajstić information content (AvgIpc) is 3.25. The average molecular weight is 386 g/mol. The first kappa shape index (κ1) is 18.5. The van der Waals surface area contributed by atoms with Gasteiger partial charge in [0.15, 0.2) is 5.76 Å². The van der Waals surface area contributed by atoms with Crippen LogP contribution in [0.4, 0.5) is 11.6 Å². The highest BCUT2D eigenvalue weighted by atomic mass is 32.2. The van der Waals surface area contributed by atoms with Crippen LogP contribution in [0.15, 0.2) is 50.1 Å². The Balaban J connectivity index is 2.04. The van der Waals surface area contributed by atoms with Crippen LogP contribution in [0.3, 0.4) is 0 Å². The molecular formula is C18H18N4O4S. The van der Waals surface area contributed by atoms with Gasteiger partial charge in [-0.3, -0.25) is 4.31 Å². The number of furan rings is 1. The fourth-order valence-corrected chi connectivity index (χ4v) is 3.90. The molecule has 0 saturated carbocycles. The van der Waals surface area contributed by atoms with Crippen molar-refractivity contribution in [3.8, 4) is 17.7 Å². The number of nitrogens with zero attached hydrogens (tertiary/aromatic N) is 4. The number of aromatic nitrogens is 1. The van der Waals surface area contributed by atoms with Crippen LogP contribution in [0, 0.1) is 18.3 Å². The topological polar surface area (TPSA) is 104 Å². The standard InChI is InChI=1S/C18H18N4O4S/c1-12-16(27(23,24)22(4)13-8-6-5-7-9-13)10-15(25-12)17-20-14(11-19)18(26-17)21(2)3/h5-10H,1-4H3. The molecule has 0 aliphatic rings. The Hall–Kier alpha value is -3.25. The molecule has 0 aliphatic heterocycles. The van der Waals surface area contributed by atoms with Crippen LogP contribution in [-0.4, -0.2) is 34.5 Å². The van der Waals surface area contributed by atoms with Gasteiger partial charge in [-0.1, -0.05) is 18.2 Å². The van der Waals surface area contributed by atoms with Crippen LogP contribution in [0.5, 0.6) is 0 Å². The van der Waals surface area contributed by atoms with Gasteiger partial charge in [0.1, 0.15) is 16.7 Å². The number of nitriles is 1. The summed E-state index contributed by atoms with van der Waals surface area (Å²) in [5, 5.41) is 9.18. The van der Waals surface area contributed by atoms with E-state index in [1.807, 2.05) is 12.1 Å². The molecule has 140 valence electrons. The number of anilines is 2. The molecule has 0 unspecified atom stereocenters. The number of rotatable bonds is 5. The third-order valence-corrected chi connectivity index (χ3v) is 5.86. The van der Waals surface area contributed by atoms with Crippen molar-refractivity contribution >= 4 is 21.6 Å². The van der Waals surface area contributed by atoms with Crippen LogP contribution in [0.1, 0.15) is 11.5 Å². The first-order chi connectivity index (χ1) is 12.8. The summed E-state index contributed by atoms with van der Waals surface area (Å²) in [6.07, 6.45) is 0. The molecule has 0 atom stereocenters. The predicted molar refractivity (Wildman–Crippen MR) is 100 cm³/mol. The zero-order chi connectivity index (χ0) is 19.8. The predicted octanol–water partition coefficient (Wildman–Crippen LogP) is 3.01. The fourth-order valence-electron chi connectivity index (χ4n) is 2.54. The van der Waals surface area contributed by atoms with Crippen LogP contribution in [0.25, 0.3) is 11.7 Å². The zero-order valence-electron chi connectivity index (χ0n) is 15.3. The van der Waals surface area contributed by atoms with E-state index in [1.54, 1.807) is 50.2 Å². The minimum atomic E-state index is -3.84. The lowest BCUT2D eigenvalue weighted by Crippen LogP contribution is -2.26. The lowest BCUT2D eigenvalue weighted by atomic mass is 10.3. The van der Waals surface area contributed by atoms with E-state index in [4.69, 9.17) is 8.83 Å². The largest absolute Gasteiger partial charge is 0.455 e. The number of oxazole rings is 1. The normalized spacial score (nSPS) is 11.2. The van der Waals surface area contributed by atoms with E-state index in [1.165, 1.54) is 17.4 Å². The van der Waals surface area contributed by atoms with E-state index in [0.717, 1.165) is 0 Å². The van der Waals surface area contributed by atoms with E-state index in [9.17, 15) is 13.7 Å². The minimum Gasteiger partial charge on any atom is -0.455 e.